The molecule has 6 nitrogen and oxygen atoms in total. The molecule has 1 amide bonds. The fraction of sp³-hybridized carbons (Fsp3) is 0.333. The molecule has 3 aromatic rings. The van der Waals surface area contributed by atoms with E-state index in [9.17, 15) is 18.8 Å². The van der Waals surface area contributed by atoms with E-state index < -0.39 is 51.8 Å². The Bertz CT molecular complexity index is 1560. The number of hydrogen-bond donors (Lipinski definition) is 0. The Kier molecular flexibility index (Phi) is 7.28. The fourth-order valence-corrected chi connectivity index (χ4v) is 5.97. The Labute approximate surface area is 239 Å². The van der Waals surface area contributed by atoms with Gasteiger partial charge in [-0.25, -0.2) is 13.6 Å². The summed E-state index contributed by atoms with van der Waals surface area (Å²) in [6.07, 6.45) is -0.367. The van der Waals surface area contributed by atoms with E-state index in [1.165, 1.54) is 6.07 Å². The summed E-state index contributed by atoms with van der Waals surface area (Å²) in [5, 5.41) is 9.34. The van der Waals surface area contributed by atoms with E-state index in [0.717, 1.165) is 17.7 Å². The maximum absolute atomic E-state index is 15.8. The van der Waals surface area contributed by atoms with E-state index in [0.29, 0.717) is 11.3 Å². The molecule has 5 rings (SSSR count). The average molecular weight is 588 g/mol. The number of fused-ring (bicyclic) bond motifs is 3. The number of nitriles is 1. The molecule has 41 heavy (non-hydrogen) atoms. The van der Waals surface area contributed by atoms with Gasteiger partial charge in [-0.2, -0.15) is 14.0 Å². The third-order valence-electron chi connectivity index (χ3n) is 7.28. The summed E-state index contributed by atoms with van der Waals surface area (Å²) < 4.78 is 67.3. The maximum atomic E-state index is 15.8. The smallest absolute Gasteiger partial charge is 0.410 e. The van der Waals surface area contributed by atoms with Gasteiger partial charge in [-0.3, -0.25) is 0 Å². The predicted octanol–water partition coefficient (Wildman–Crippen LogP) is 7.27. The lowest BCUT2D eigenvalue weighted by molar-refractivity contribution is -0.0521. The fourth-order valence-electron chi connectivity index (χ4n) is 5.70. The molecule has 3 aromatic carbocycles. The number of piperazine rings is 1. The van der Waals surface area contributed by atoms with Crippen LogP contribution in [0.2, 0.25) is 5.02 Å². The molecular formula is C30H26ClF4N3O3. The number of alkyl halides is 2. The van der Waals surface area contributed by atoms with Gasteiger partial charge in [-0.15, -0.1) is 0 Å². The van der Waals surface area contributed by atoms with Crippen LogP contribution in [-0.4, -0.2) is 42.8 Å². The van der Waals surface area contributed by atoms with Gasteiger partial charge < -0.3 is 19.3 Å². The number of ether oxygens (including phenoxy) is 2. The zero-order valence-electron chi connectivity index (χ0n) is 22.5. The van der Waals surface area contributed by atoms with Crippen LogP contribution in [0.1, 0.15) is 37.5 Å². The molecule has 2 aliphatic rings. The number of benzene rings is 3. The molecule has 0 N–H and O–H groups in total. The first kappa shape index (κ1) is 28.6. The molecule has 214 valence electrons. The second-order valence-electron chi connectivity index (χ2n) is 11.0. The van der Waals surface area contributed by atoms with Crippen molar-refractivity contribution in [3.8, 4) is 22.9 Å². The summed E-state index contributed by atoms with van der Waals surface area (Å²) in [6.45, 7) is 2.67. The third-order valence-corrected chi connectivity index (χ3v) is 7.65. The molecule has 0 radical (unpaired) electrons. The first-order valence-electron chi connectivity index (χ1n) is 12.9. The van der Waals surface area contributed by atoms with E-state index in [-0.39, 0.29) is 37.2 Å². The van der Waals surface area contributed by atoms with Gasteiger partial charge in [-0.05, 0) is 50.1 Å². The van der Waals surface area contributed by atoms with Crippen LogP contribution in [-0.2, 0) is 16.7 Å². The number of halogens is 5. The topological polar surface area (TPSA) is 65.8 Å². The average Bonchev–Trinajstić information content (AvgIpc) is 3.24. The first-order valence-corrected chi connectivity index (χ1v) is 13.2. The van der Waals surface area contributed by atoms with Gasteiger partial charge in [0.15, 0.2) is 11.6 Å². The lowest BCUT2D eigenvalue weighted by Crippen LogP contribution is -2.60. The summed E-state index contributed by atoms with van der Waals surface area (Å²) in [5.74, 6) is -2.93. The summed E-state index contributed by atoms with van der Waals surface area (Å²) in [7, 11) is 0. The molecule has 0 spiro atoms. The molecule has 1 fully saturated rings. The number of carbonyl (C=O) groups excluding carboxylic acids is 1. The monoisotopic (exact) mass is 587 g/mol. The summed E-state index contributed by atoms with van der Waals surface area (Å²) in [4.78, 5) is 16.7. The number of anilines is 1. The summed E-state index contributed by atoms with van der Waals surface area (Å²) in [5.41, 5.74) is -0.815. The molecule has 1 unspecified atom stereocenters. The van der Waals surface area contributed by atoms with Crippen LogP contribution in [0.25, 0.3) is 11.1 Å². The lowest BCUT2D eigenvalue weighted by Gasteiger charge is -2.48. The molecule has 1 saturated heterocycles. The molecule has 0 aliphatic carbocycles. The highest BCUT2D eigenvalue weighted by atomic mass is 35.5. The van der Waals surface area contributed by atoms with E-state index in [1.54, 1.807) is 25.7 Å². The Morgan fingerprint density at radius 1 is 1.10 bits per heavy atom. The third kappa shape index (κ3) is 5.04. The normalized spacial score (nSPS) is 18.1. The van der Waals surface area contributed by atoms with Crippen molar-refractivity contribution in [1.29, 1.82) is 5.26 Å². The number of amides is 1. The minimum absolute atomic E-state index is 0.121. The van der Waals surface area contributed by atoms with E-state index in [4.69, 9.17) is 16.3 Å². The SMILES string of the molecule is CC(C)(C)OC(=O)N1CCN2c3cc(F)c(Cl)c(-c4c(C#N)ccc(OC(F)F)c4F)c3CC2(c2ccccc2)C1. The second kappa shape index (κ2) is 10.5. The van der Waals surface area contributed by atoms with Gasteiger partial charge in [0, 0.05) is 36.3 Å². The Hall–Kier alpha value is -3.97. The lowest BCUT2D eigenvalue weighted by atomic mass is 9.82. The van der Waals surface area contributed by atoms with Crippen molar-refractivity contribution in [2.24, 2.45) is 0 Å². The largest absolute Gasteiger partial charge is 0.444 e. The number of carbonyl (C=O) groups is 1. The quantitative estimate of drug-likeness (QED) is 0.300. The van der Waals surface area contributed by atoms with Gasteiger partial charge in [0.25, 0.3) is 0 Å². The van der Waals surface area contributed by atoms with Crippen LogP contribution in [0.4, 0.5) is 28.0 Å². The minimum Gasteiger partial charge on any atom is -0.444 e. The van der Waals surface area contributed by atoms with Crippen LogP contribution in [0.5, 0.6) is 5.75 Å². The molecule has 0 aromatic heterocycles. The molecule has 2 heterocycles. The van der Waals surface area contributed by atoms with Gasteiger partial charge in [-0.1, -0.05) is 41.9 Å². The van der Waals surface area contributed by atoms with Gasteiger partial charge in [0.1, 0.15) is 11.4 Å². The highest BCUT2D eigenvalue weighted by Crippen LogP contribution is 2.53. The van der Waals surface area contributed by atoms with Gasteiger partial charge in [0.05, 0.1) is 28.7 Å². The highest BCUT2D eigenvalue weighted by molar-refractivity contribution is 6.34. The minimum atomic E-state index is -3.33. The van der Waals surface area contributed by atoms with Crippen molar-refractivity contribution < 1.29 is 31.8 Å². The van der Waals surface area contributed by atoms with Crippen LogP contribution in [0, 0.1) is 23.0 Å². The van der Waals surface area contributed by atoms with Gasteiger partial charge >= 0.3 is 12.7 Å². The summed E-state index contributed by atoms with van der Waals surface area (Å²) in [6, 6.07) is 14.4. The van der Waals surface area contributed by atoms with Crippen molar-refractivity contribution in [2.75, 3.05) is 24.5 Å². The summed E-state index contributed by atoms with van der Waals surface area (Å²) >= 11 is 6.47. The molecule has 2 aliphatic heterocycles. The first-order chi connectivity index (χ1) is 19.4. The zero-order valence-corrected chi connectivity index (χ0v) is 23.2. The van der Waals surface area contributed by atoms with Crippen LogP contribution >= 0.6 is 11.6 Å². The van der Waals surface area contributed by atoms with Gasteiger partial charge in [0.2, 0.25) is 0 Å². The standard InChI is InChI=1S/C30H26ClF4N3O3/c1-29(2,3)41-28(39)37-11-12-38-21-13-20(32)25(31)24(19(21)14-30(38,16-37)18-7-5-4-6-8-18)23-17(15-36)9-10-22(26(23)33)40-27(34)35/h4-10,13,27H,11-12,14,16H2,1-3H3. The predicted molar refractivity (Wildman–Crippen MR) is 145 cm³/mol. The van der Waals surface area contributed by atoms with Crippen molar-refractivity contribution in [3.05, 3.63) is 81.9 Å². The Morgan fingerprint density at radius 3 is 2.44 bits per heavy atom. The highest BCUT2D eigenvalue weighted by Gasteiger charge is 2.51. The Morgan fingerprint density at radius 2 is 1.80 bits per heavy atom. The zero-order chi connectivity index (χ0) is 29.7. The van der Waals surface area contributed by atoms with Crippen LogP contribution in [0.3, 0.4) is 0 Å². The van der Waals surface area contributed by atoms with E-state index in [1.807, 2.05) is 41.3 Å². The molecule has 1 atom stereocenters. The van der Waals surface area contributed by atoms with Crippen molar-refractivity contribution in [3.63, 3.8) is 0 Å². The molecule has 0 saturated carbocycles. The molecule has 0 bridgehead atoms. The van der Waals surface area contributed by atoms with Crippen molar-refractivity contribution >= 4 is 23.4 Å². The number of nitrogens with zero attached hydrogens (tertiary/aromatic N) is 3. The number of hydrogen-bond acceptors (Lipinski definition) is 5. The van der Waals surface area contributed by atoms with E-state index in [2.05, 4.69) is 4.74 Å². The maximum Gasteiger partial charge on any atom is 0.410 e. The second-order valence-corrected chi connectivity index (χ2v) is 11.3. The Balaban J connectivity index is 1.72. The van der Waals surface area contributed by atoms with Crippen LogP contribution < -0.4 is 9.64 Å². The van der Waals surface area contributed by atoms with Crippen molar-refractivity contribution in [1.82, 2.24) is 4.90 Å². The van der Waals surface area contributed by atoms with E-state index >= 15 is 8.78 Å². The van der Waals surface area contributed by atoms with Crippen LogP contribution in [0.15, 0.2) is 48.5 Å². The molecule has 11 heteroatoms. The molecular weight excluding hydrogens is 562 g/mol. The number of rotatable bonds is 4. The van der Waals surface area contributed by atoms with Crippen molar-refractivity contribution in [2.45, 2.75) is 44.9 Å².